The first-order chi connectivity index (χ1) is 12.7. The molecule has 1 aliphatic heterocycles. The van der Waals surface area contributed by atoms with E-state index in [1.54, 1.807) is 26.2 Å². The van der Waals surface area contributed by atoms with E-state index in [0.29, 0.717) is 29.2 Å². The van der Waals surface area contributed by atoms with E-state index >= 15 is 0 Å². The lowest BCUT2D eigenvalue weighted by Crippen LogP contribution is -2.24. The molecular weight excluding hydrogens is 350 g/mol. The predicted octanol–water partition coefficient (Wildman–Crippen LogP) is 2.47. The molecule has 142 valence electrons. The van der Waals surface area contributed by atoms with Crippen LogP contribution in [-0.4, -0.2) is 53.6 Å². The first-order valence-corrected chi connectivity index (χ1v) is 8.36. The second-order valence-electron chi connectivity index (χ2n) is 7.03. The van der Waals surface area contributed by atoms with Gasteiger partial charge in [-0.2, -0.15) is 0 Å². The van der Waals surface area contributed by atoms with E-state index in [0.717, 1.165) is 5.56 Å². The predicted molar refractivity (Wildman–Crippen MR) is 96.3 cm³/mol. The molecule has 3 rings (SSSR count). The van der Waals surface area contributed by atoms with Crippen molar-refractivity contribution in [2.75, 3.05) is 21.2 Å². The summed E-state index contributed by atoms with van der Waals surface area (Å²) >= 11 is 0. The Morgan fingerprint density at radius 2 is 1.85 bits per heavy atom. The van der Waals surface area contributed by atoms with E-state index in [1.807, 2.05) is 13.8 Å². The first kappa shape index (κ1) is 18.6. The molecule has 0 unspecified atom stereocenters. The number of aromatic nitrogens is 2. The molecule has 1 aromatic heterocycles. The van der Waals surface area contributed by atoms with Gasteiger partial charge in [-0.05, 0) is 26.0 Å². The molecule has 1 aromatic carbocycles. The average molecular weight is 371 g/mol. The molecule has 0 atom stereocenters. The molecule has 0 fully saturated rings. The summed E-state index contributed by atoms with van der Waals surface area (Å²) in [7, 11) is 4.56. The van der Waals surface area contributed by atoms with Gasteiger partial charge in [-0.1, -0.05) is 0 Å². The Balaban J connectivity index is 1.94. The summed E-state index contributed by atoms with van der Waals surface area (Å²) in [6.07, 6.45) is 3.46. The van der Waals surface area contributed by atoms with Gasteiger partial charge in [-0.25, -0.2) is 14.8 Å². The number of amides is 1. The van der Waals surface area contributed by atoms with Crippen molar-refractivity contribution in [3.8, 4) is 17.2 Å². The molecule has 1 amide bonds. The van der Waals surface area contributed by atoms with Crippen molar-refractivity contribution in [1.29, 1.82) is 0 Å². The molecular formula is C19H21N3O5. The van der Waals surface area contributed by atoms with Crippen molar-refractivity contribution < 1.29 is 23.8 Å². The van der Waals surface area contributed by atoms with Crippen LogP contribution in [0.5, 0.6) is 17.2 Å². The first-order valence-electron chi connectivity index (χ1n) is 8.36. The van der Waals surface area contributed by atoms with Crippen LogP contribution in [-0.2, 0) is 11.2 Å². The monoisotopic (exact) mass is 371 g/mol. The van der Waals surface area contributed by atoms with Crippen molar-refractivity contribution >= 4 is 11.9 Å². The number of rotatable bonds is 4. The molecule has 0 bridgehead atoms. The van der Waals surface area contributed by atoms with Crippen molar-refractivity contribution in [1.82, 2.24) is 14.9 Å². The van der Waals surface area contributed by atoms with Crippen molar-refractivity contribution in [3.05, 3.63) is 41.5 Å². The lowest BCUT2D eigenvalue weighted by atomic mass is 10.00. The molecule has 0 N–H and O–H groups in total. The minimum atomic E-state index is -0.487. The molecule has 27 heavy (non-hydrogen) atoms. The maximum atomic E-state index is 12.0. The van der Waals surface area contributed by atoms with Crippen molar-refractivity contribution in [2.45, 2.75) is 25.9 Å². The number of nitrogens with zero attached hydrogens (tertiary/aromatic N) is 3. The molecule has 0 saturated carbocycles. The highest BCUT2D eigenvalue weighted by Gasteiger charge is 2.34. The van der Waals surface area contributed by atoms with E-state index in [1.165, 1.54) is 24.4 Å². The van der Waals surface area contributed by atoms with Crippen LogP contribution in [0.2, 0.25) is 0 Å². The fraction of sp³-hybridized carbons (Fsp3) is 0.368. The van der Waals surface area contributed by atoms with Crippen LogP contribution < -0.4 is 9.47 Å². The summed E-state index contributed by atoms with van der Waals surface area (Å²) in [5, 5.41) is 0. The highest BCUT2D eigenvalue weighted by Crippen LogP contribution is 2.42. The Kier molecular flexibility index (Phi) is 4.73. The van der Waals surface area contributed by atoms with Crippen LogP contribution in [0, 0.1) is 0 Å². The Bertz CT molecular complexity index is 891. The highest BCUT2D eigenvalue weighted by atomic mass is 16.5. The fourth-order valence-electron chi connectivity index (χ4n) is 2.78. The van der Waals surface area contributed by atoms with Crippen LogP contribution in [0.25, 0.3) is 0 Å². The minimum absolute atomic E-state index is 0.0744. The van der Waals surface area contributed by atoms with Gasteiger partial charge in [-0.15, -0.1) is 0 Å². The SMILES string of the molecule is COC(=O)c1cc(Oc2cnc(C(=O)N(C)C)nc2)c2c(c1)OC(C)(C)C2. The average Bonchev–Trinajstić information content (AvgIpc) is 2.95. The van der Waals surface area contributed by atoms with E-state index in [-0.39, 0.29) is 11.7 Å². The third-order valence-electron chi connectivity index (χ3n) is 4.03. The number of benzene rings is 1. The van der Waals surface area contributed by atoms with Crippen LogP contribution >= 0.6 is 0 Å². The number of hydrogen-bond donors (Lipinski definition) is 0. The van der Waals surface area contributed by atoms with E-state index in [4.69, 9.17) is 14.2 Å². The zero-order valence-corrected chi connectivity index (χ0v) is 15.9. The molecule has 0 saturated heterocycles. The summed E-state index contributed by atoms with van der Waals surface area (Å²) in [4.78, 5) is 33.3. The third kappa shape index (κ3) is 3.84. The molecule has 8 heteroatoms. The molecule has 0 aliphatic carbocycles. The number of carbonyl (C=O) groups is 2. The number of ether oxygens (including phenoxy) is 3. The summed E-state index contributed by atoms with van der Waals surface area (Å²) in [5.41, 5.74) is 0.763. The smallest absolute Gasteiger partial charge is 0.338 e. The van der Waals surface area contributed by atoms with Gasteiger partial charge >= 0.3 is 5.97 Å². The number of hydrogen-bond acceptors (Lipinski definition) is 7. The molecule has 2 aromatic rings. The summed E-state index contributed by atoms with van der Waals surface area (Å²) in [6, 6.07) is 3.26. The maximum Gasteiger partial charge on any atom is 0.338 e. The summed E-state index contributed by atoms with van der Waals surface area (Å²) in [6.45, 7) is 3.92. The van der Waals surface area contributed by atoms with Gasteiger partial charge in [0.1, 0.15) is 17.1 Å². The Labute approximate surface area is 157 Å². The lowest BCUT2D eigenvalue weighted by molar-refractivity contribution is 0.0599. The number of fused-ring (bicyclic) bond motifs is 1. The van der Waals surface area contributed by atoms with Gasteiger partial charge in [0.15, 0.2) is 5.75 Å². The number of methoxy groups -OCH3 is 1. The zero-order valence-electron chi connectivity index (χ0n) is 15.9. The van der Waals surface area contributed by atoms with E-state index in [2.05, 4.69) is 9.97 Å². The second kappa shape index (κ2) is 6.86. The largest absolute Gasteiger partial charge is 0.487 e. The molecule has 2 heterocycles. The standard InChI is InChI=1S/C19H21N3O5/c1-19(2)8-13-14(6-11(18(24)25-5)7-15(13)27-19)26-12-9-20-16(21-10-12)17(23)22(3)4/h6-7,9-10H,8H2,1-5H3. The fourth-order valence-corrected chi connectivity index (χ4v) is 2.78. The zero-order chi connectivity index (χ0) is 19.8. The Morgan fingerprint density at radius 1 is 1.19 bits per heavy atom. The number of carbonyl (C=O) groups excluding carboxylic acids is 2. The minimum Gasteiger partial charge on any atom is -0.487 e. The molecule has 1 aliphatic rings. The van der Waals surface area contributed by atoms with Crippen molar-refractivity contribution in [3.63, 3.8) is 0 Å². The third-order valence-corrected chi connectivity index (χ3v) is 4.03. The lowest BCUT2D eigenvalue weighted by Gasteiger charge is -2.16. The van der Waals surface area contributed by atoms with Gasteiger partial charge in [0.25, 0.3) is 5.91 Å². The normalized spacial score (nSPS) is 14.1. The van der Waals surface area contributed by atoms with Gasteiger partial charge in [0.05, 0.1) is 25.1 Å². The van der Waals surface area contributed by atoms with Gasteiger partial charge in [0.2, 0.25) is 5.82 Å². The van der Waals surface area contributed by atoms with Crippen molar-refractivity contribution in [2.24, 2.45) is 0 Å². The van der Waals surface area contributed by atoms with Gasteiger partial charge in [-0.3, -0.25) is 4.79 Å². The van der Waals surface area contributed by atoms with Crippen LogP contribution in [0.15, 0.2) is 24.5 Å². The van der Waals surface area contributed by atoms with Crippen LogP contribution in [0.1, 0.15) is 40.4 Å². The quantitative estimate of drug-likeness (QED) is 0.763. The summed E-state index contributed by atoms with van der Waals surface area (Å²) in [5.74, 6) is 0.681. The molecule has 0 radical (unpaired) electrons. The maximum absolute atomic E-state index is 12.0. The summed E-state index contributed by atoms with van der Waals surface area (Å²) < 4.78 is 16.6. The molecule has 0 spiro atoms. The van der Waals surface area contributed by atoms with E-state index < -0.39 is 11.6 Å². The molecule has 8 nitrogen and oxygen atoms in total. The van der Waals surface area contributed by atoms with Gasteiger partial charge in [0, 0.05) is 26.1 Å². The second-order valence-corrected chi connectivity index (χ2v) is 7.03. The van der Waals surface area contributed by atoms with Crippen LogP contribution in [0.4, 0.5) is 0 Å². The number of esters is 1. The Hall–Kier alpha value is -3.16. The topological polar surface area (TPSA) is 90.9 Å². The Morgan fingerprint density at radius 3 is 2.44 bits per heavy atom. The van der Waals surface area contributed by atoms with Gasteiger partial charge < -0.3 is 19.1 Å². The van der Waals surface area contributed by atoms with Crippen LogP contribution in [0.3, 0.4) is 0 Å². The van der Waals surface area contributed by atoms with E-state index in [9.17, 15) is 9.59 Å². The highest BCUT2D eigenvalue weighted by molar-refractivity contribution is 5.91.